The van der Waals surface area contributed by atoms with Crippen LogP contribution in [0.1, 0.15) is 37.8 Å². The van der Waals surface area contributed by atoms with Gasteiger partial charge < -0.3 is 11.1 Å². The van der Waals surface area contributed by atoms with Gasteiger partial charge in [-0.3, -0.25) is 4.79 Å². The summed E-state index contributed by atoms with van der Waals surface area (Å²) in [5, 5.41) is 3.03. The molecule has 0 aromatic heterocycles. The fourth-order valence-electron chi connectivity index (χ4n) is 2.54. The molecule has 19 heavy (non-hydrogen) atoms. The lowest BCUT2D eigenvalue weighted by Gasteiger charge is -2.21. The van der Waals surface area contributed by atoms with Gasteiger partial charge in [0.1, 0.15) is 0 Å². The maximum atomic E-state index is 11.9. The van der Waals surface area contributed by atoms with E-state index in [0.717, 1.165) is 12.8 Å². The van der Waals surface area contributed by atoms with Crippen molar-refractivity contribution in [2.24, 2.45) is 11.7 Å². The van der Waals surface area contributed by atoms with E-state index in [0.29, 0.717) is 6.54 Å². The Morgan fingerprint density at radius 2 is 2.00 bits per heavy atom. The van der Waals surface area contributed by atoms with Crippen LogP contribution in [0.4, 0.5) is 0 Å². The molecule has 2 rings (SSSR count). The molecule has 3 N–H and O–H groups in total. The summed E-state index contributed by atoms with van der Waals surface area (Å²) in [6.07, 6.45) is 2.30. The van der Waals surface area contributed by atoms with Gasteiger partial charge in [-0.25, -0.2) is 0 Å². The van der Waals surface area contributed by atoms with Crippen molar-refractivity contribution in [3.63, 3.8) is 0 Å². The van der Waals surface area contributed by atoms with Gasteiger partial charge in [0.25, 0.3) is 0 Å². The lowest BCUT2D eigenvalue weighted by atomic mass is 9.91. The van der Waals surface area contributed by atoms with Gasteiger partial charge in [-0.05, 0) is 36.8 Å². The van der Waals surface area contributed by atoms with Gasteiger partial charge >= 0.3 is 0 Å². The number of benzene rings is 1. The fourth-order valence-corrected chi connectivity index (χ4v) is 2.54. The number of aryl methyl sites for hydroxylation is 1. The molecule has 1 aliphatic rings. The molecule has 0 radical (unpaired) electrons. The molecule has 0 bridgehead atoms. The molecular weight excluding hydrogens is 236 g/mol. The van der Waals surface area contributed by atoms with E-state index >= 15 is 0 Å². The molecule has 0 heterocycles. The van der Waals surface area contributed by atoms with Gasteiger partial charge in [0.05, 0.1) is 6.04 Å². The highest BCUT2D eigenvalue weighted by atomic mass is 16.2. The van der Waals surface area contributed by atoms with Crippen molar-refractivity contribution in [1.82, 2.24) is 5.32 Å². The first-order chi connectivity index (χ1) is 8.96. The van der Waals surface area contributed by atoms with Crippen LogP contribution in [0.25, 0.3) is 0 Å². The Kier molecular flexibility index (Phi) is 3.95. The van der Waals surface area contributed by atoms with E-state index in [2.05, 4.69) is 36.5 Å². The molecule has 0 aliphatic heterocycles. The van der Waals surface area contributed by atoms with Crippen molar-refractivity contribution in [1.29, 1.82) is 0 Å². The van der Waals surface area contributed by atoms with Crippen LogP contribution in [-0.4, -0.2) is 18.5 Å². The van der Waals surface area contributed by atoms with Crippen LogP contribution in [-0.2, 0) is 10.2 Å². The predicted molar refractivity (Wildman–Crippen MR) is 77.9 cm³/mol. The van der Waals surface area contributed by atoms with E-state index in [1.165, 1.54) is 11.1 Å². The molecule has 1 aromatic rings. The lowest BCUT2D eigenvalue weighted by molar-refractivity contribution is -0.123. The number of nitrogens with one attached hydrogen (secondary N) is 1. The molecule has 3 nitrogen and oxygen atoms in total. The Balaban J connectivity index is 2.00. The molecule has 0 unspecified atom stereocenters. The average Bonchev–Trinajstić information content (AvgIpc) is 3.16. The number of hydrogen-bond donors (Lipinski definition) is 2. The standard InChI is InChI=1S/C16H24N2O/c1-11(2)14(17)15(19)18-10-16(8-9-16)13-7-5-4-6-12(13)3/h4-7,11,14H,8-10,17H2,1-3H3,(H,18,19)/t14-/m0/s1. The van der Waals surface area contributed by atoms with Gasteiger partial charge in [0.15, 0.2) is 0 Å². The molecule has 0 saturated heterocycles. The summed E-state index contributed by atoms with van der Waals surface area (Å²) in [6.45, 7) is 6.78. The number of hydrogen-bond acceptors (Lipinski definition) is 2. The Bertz CT molecular complexity index is 464. The molecule has 1 aliphatic carbocycles. The Morgan fingerprint density at radius 1 is 1.37 bits per heavy atom. The van der Waals surface area contributed by atoms with E-state index < -0.39 is 6.04 Å². The van der Waals surface area contributed by atoms with Crippen molar-refractivity contribution < 1.29 is 4.79 Å². The third-order valence-corrected chi connectivity index (χ3v) is 4.19. The van der Waals surface area contributed by atoms with Crippen LogP contribution < -0.4 is 11.1 Å². The Hall–Kier alpha value is -1.35. The minimum absolute atomic E-state index is 0.0325. The molecular formula is C16H24N2O. The molecule has 1 aromatic carbocycles. The van der Waals surface area contributed by atoms with Crippen LogP contribution in [0.5, 0.6) is 0 Å². The van der Waals surface area contributed by atoms with Crippen LogP contribution in [0, 0.1) is 12.8 Å². The van der Waals surface area contributed by atoms with Crippen molar-refractivity contribution in [2.45, 2.75) is 45.1 Å². The van der Waals surface area contributed by atoms with Crippen LogP contribution in [0.15, 0.2) is 24.3 Å². The predicted octanol–water partition coefficient (Wildman–Crippen LogP) is 2.13. The highest BCUT2D eigenvalue weighted by Crippen LogP contribution is 2.48. The zero-order chi connectivity index (χ0) is 14.0. The summed E-state index contributed by atoms with van der Waals surface area (Å²) in [5.74, 6) is 0.142. The molecule has 1 saturated carbocycles. The third-order valence-electron chi connectivity index (χ3n) is 4.19. The normalized spacial score (nSPS) is 18.2. The SMILES string of the molecule is Cc1ccccc1C1(CNC(=O)[C@@H](N)C(C)C)CC1. The van der Waals surface area contributed by atoms with Crippen molar-refractivity contribution >= 4 is 5.91 Å². The van der Waals surface area contributed by atoms with Gasteiger partial charge in [0, 0.05) is 12.0 Å². The Morgan fingerprint density at radius 3 is 2.53 bits per heavy atom. The van der Waals surface area contributed by atoms with Crippen LogP contribution in [0.2, 0.25) is 0 Å². The molecule has 1 amide bonds. The number of carbonyl (C=O) groups is 1. The number of carbonyl (C=O) groups excluding carboxylic acids is 1. The summed E-state index contributed by atoms with van der Waals surface area (Å²) in [7, 11) is 0. The zero-order valence-electron chi connectivity index (χ0n) is 12.1. The van der Waals surface area contributed by atoms with E-state index in [-0.39, 0.29) is 17.2 Å². The minimum Gasteiger partial charge on any atom is -0.354 e. The molecule has 0 spiro atoms. The lowest BCUT2D eigenvalue weighted by Crippen LogP contribution is -2.46. The maximum absolute atomic E-state index is 11.9. The summed E-state index contributed by atoms with van der Waals surface area (Å²) in [5.41, 5.74) is 8.69. The number of nitrogens with two attached hydrogens (primary N) is 1. The number of amides is 1. The maximum Gasteiger partial charge on any atom is 0.237 e. The zero-order valence-corrected chi connectivity index (χ0v) is 12.1. The quantitative estimate of drug-likeness (QED) is 0.852. The first-order valence-corrected chi connectivity index (χ1v) is 7.06. The summed E-state index contributed by atoms with van der Waals surface area (Å²) < 4.78 is 0. The van der Waals surface area contributed by atoms with Crippen molar-refractivity contribution in [3.8, 4) is 0 Å². The highest BCUT2D eigenvalue weighted by Gasteiger charge is 2.45. The first-order valence-electron chi connectivity index (χ1n) is 7.06. The summed E-state index contributed by atoms with van der Waals surface area (Å²) in [4.78, 5) is 11.9. The van der Waals surface area contributed by atoms with E-state index in [1.54, 1.807) is 0 Å². The topological polar surface area (TPSA) is 55.1 Å². The Labute approximate surface area is 115 Å². The van der Waals surface area contributed by atoms with Gasteiger partial charge in [0.2, 0.25) is 5.91 Å². The van der Waals surface area contributed by atoms with Crippen molar-refractivity contribution in [2.75, 3.05) is 6.54 Å². The van der Waals surface area contributed by atoms with Gasteiger partial charge in [-0.2, -0.15) is 0 Å². The molecule has 1 fully saturated rings. The van der Waals surface area contributed by atoms with Gasteiger partial charge in [-0.15, -0.1) is 0 Å². The molecule has 3 heteroatoms. The monoisotopic (exact) mass is 260 g/mol. The third kappa shape index (κ3) is 2.98. The first kappa shape index (κ1) is 14.1. The second-order valence-corrected chi connectivity index (χ2v) is 6.08. The van der Waals surface area contributed by atoms with Crippen molar-refractivity contribution in [3.05, 3.63) is 35.4 Å². The second-order valence-electron chi connectivity index (χ2n) is 6.08. The number of rotatable bonds is 5. The smallest absolute Gasteiger partial charge is 0.237 e. The second kappa shape index (κ2) is 5.33. The van der Waals surface area contributed by atoms with Crippen LogP contribution in [0.3, 0.4) is 0 Å². The largest absolute Gasteiger partial charge is 0.354 e. The van der Waals surface area contributed by atoms with E-state index in [9.17, 15) is 4.79 Å². The summed E-state index contributed by atoms with van der Waals surface area (Å²) in [6, 6.07) is 8.04. The van der Waals surface area contributed by atoms with Gasteiger partial charge in [-0.1, -0.05) is 38.1 Å². The molecule has 1 atom stereocenters. The van der Waals surface area contributed by atoms with Crippen LogP contribution >= 0.6 is 0 Å². The molecule has 104 valence electrons. The average molecular weight is 260 g/mol. The fraction of sp³-hybridized carbons (Fsp3) is 0.562. The van der Waals surface area contributed by atoms with E-state index in [1.807, 2.05) is 13.8 Å². The minimum atomic E-state index is -0.410. The summed E-state index contributed by atoms with van der Waals surface area (Å²) >= 11 is 0. The van der Waals surface area contributed by atoms with E-state index in [4.69, 9.17) is 5.73 Å². The highest BCUT2D eigenvalue weighted by molar-refractivity contribution is 5.81.